The average molecular weight is 357 g/mol. The Morgan fingerprint density at radius 2 is 1.83 bits per heavy atom. The number of aliphatic hydroxyl groups is 1. The Bertz CT molecular complexity index is 548. The second-order valence-corrected chi connectivity index (χ2v) is 14.2. The molecule has 0 saturated heterocycles. The summed E-state index contributed by atoms with van der Waals surface area (Å²) >= 11 is 0. The van der Waals surface area contributed by atoms with E-state index in [0.717, 1.165) is 0 Å². The van der Waals surface area contributed by atoms with Crippen LogP contribution in [0.5, 0.6) is 0 Å². The van der Waals surface area contributed by atoms with E-state index in [0.29, 0.717) is 6.42 Å². The zero-order chi connectivity index (χ0) is 18.7. The lowest BCUT2D eigenvalue weighted by Gasteiger charge is -2.41. The number of Topliss-reactive ketones (excluding diaryl/α,β-unsaturated/α-hetero) is 1. The number of aliphatic hydroxyl groups excluding tert-OH is 1. The molecule has 138 valence electrons. The predicted octanol–water partition coefficient (Wildman–Crippen LogP) is 2.92. The molecular weight excluding hydrogens is 324 g/mol. The summed E-state index contributed by atoms with van der Waals surface area (Å²) in [4.78, 5) is 24.5. The van der Waals surface area contributed by atoms with E-state index in [4.69, 9.17) is 9.16 Å². The Morgan fingerprint density at radius 3 is 2.29 bits per heavy atom. The number of rotatable bonds is 3. The molecule has 1 N–H and O–H groups in total. The first kappa shape index (κ1) is 19.6. The molecule has 0 aliphatic heterocycles. The number of hydrogen-bond acceptors (Lipinski definition) is 5. The molecule has 4 atom stereocenters. The van der Waals surface area contributed by atoms with Crippen molar-refractivity contribution < 1.29 is 23.9 Å². The van der Waals surface area contributed by atoms with E-state index in [2.05, 4.69) is 47.7 Å². The van der Waals surface area contributed by atoms with E-state index in [1.54, 1.807) is 0 Å². The van der Waals surface area contributed by atoms with Crippen molar-refractivity contribution >= 4 is 20.1 Å². The maximum atomic E-state index is 12.5. The molecule has 0 bridgehead atoms. The van der Waals surface area contributed by atoms with Gasteiger partial charge in [-0.2, -0.15) is 0 Å². The minimum atomic E-state index is -2.08. The van der Waals surface area contributed by atoms with Gasteiger partial charge in [-0.05, 0) is 23.5 Å². The second-order valence-electron chi connectivity index (χ2n) is 9.47. The van der Waals surface area contributed by atoms with Crippen molar-refractivity contribution in [2.24, 2.45) is 17.3 Å². The molecule has 0 spiro atoms. The number of esters is 1. The van der Waals surface area contributed by atoms with Crippen LogP contribution in [0, 0.1) is 17.3 Å². The number of ketones is 1. The molecule has 0 aromatic carbocycles. The van der Waals surface area contributed by atoms with Gasteiger partial charge in [0.15, 0.2) is 8.32 Å². The van der Waals surface area contributed by atoms with E-state index in [-0.39, 0.29) is 28.6 Å². The fourth-order valence-corrected chi connectivity index (χ4v) is 5.69. The van der Waals surface area contributed by atoms with Crippen LogP contribution >= 0.6 is 0 Å². The molecule has 24 heavy (non-hydrogen) atoms. The van der Waals surface area contributed by atoms with E-state index in [1.165, 1.54) is 7.11 Å². The van der Waals surface area contributed by atoms with Gasteiger partial charge in [0.05, 0.1) is 18.8 Å². The third-order valence-electron chi connectivity index (χ3n) is 6.79. The van der Waals surface area contributed by atoms with E-state index >= 15 is 0 Å². The van der Waals surface area contributed by atoms with Crippen LogP contribution in [-0.4, -0.2) is 44.0 Å². The maximum absolute atomic E-state index is 12.5. The van der Waals surface area contributed by atoms with Crippen molar-refractivity contribution in [2.45, 2.75) is 77.3 Å². The molecule has 6 heteroatoms. The smallest absolute Gasteiger partial charge is 0.318 e. The van der Waals surface area contributed by atoms with Gasteiger partial charge in [-0.3, -0.25) is 9.59 Å². The lowest BCUT2D eigenvalue weighted by molar-refractivity contribution is -0.154. The summed E-state index contributed by atoms with van der Waals surface area (Å²) in [7, 11) is -0.832. The van der Waals surface area contributed by atoms with Gasteiger partial charge in [0.2, 0.25) is 0 Å². The van der Waals surface area contributed by atoms with Crippen LogP contribution in [-0.2, 0) is 18.8 Å². The first-order chi connectivity index (χ1) is 10.7. The van der Waals surface area contributed by atoms with Gasteiger partial charge in [-0.25, -0.2) is 0 Å². The quantitative estimate of drug-likeness (QED) is 0.478. The number of fused-ring (bicyclic) bond motifs is 1. The third-order valence-corrected chi connectivity index (χ3v) is 11.3. The van der Waals surface area contributed by atoms with Gasteiger partial charge in [-0.15, -0.1) is 0 Å². The maximum Gasteiger partial charge on any atom is 0.318 e. The van der Waals surface area contributed by atoms with E-state index in [1.807, 2.05) is 0 Å². The second kappa shape index (κ2) is 5.64. The normalized spacial score (nSPS) is 35.9. The highest BCUT2D eigenvalue weighted by Gasteiger charge is 2.75. The molecule has 0 aromatic rings. The third kappa shape index (κ3) is 2.76. The summed E-state index contributed by atoms with van der Waals surface area (Å²) < 4.78 is 11.5. The fourth-order valence-electron chi connectivity index (χ4n) is 3.99. The van der Waals surface area contributed by atoms with Gasteiger partial charge in [-0.1, -0.05) is 34.6 Å². The number of carbonyl (C=O) groups excluding carboxylic acids is 2. The Hall–Kier alpha value is -0.723. The number of methoxy groups -OCH3 is 1. The first-order valence-electron chi connectivity index (χ1n) is 8.70. The average Bonchev–Trinajstić information content (AvgIpc) is 2.86. The summed E-state index contributed by atoms with van der Waals surface area (Å²) in [6.45, 7) is 15.1. The standard InChI is InChI=1S/C18H32O5Si/c1-16(2,3)24(7,8)23-18-10-12(20)14(15(21)22-6)11(19)9-13(18)17(18,4)5/h12-14,20H,9-10H2,1-8H3/t12?,13-,14?,18+/m0/s1. The highest BCUT2D eigenvalue weighted by atomic mass is 28.4. The fraction of sp³-hybridized carbons (Fsp3) is 0.889. The van der Waals surface area contributed by atoms with Crippen LogP contribution in [0.15, 0.2) is 0 Å². The molecule has 2 unspecified atom stereocenters. The van der Waals surface area contributed by atoms with Crippen molar-refractivity contribution in [1.29, 1.82) is 0 Å². The Labute approximate surface area is 146 Å². The summed E-state index contributed by atoms with van der Waals surface area (Å²) in [5.74, 6) is -1.92. The SMILES string of the molecule is COC(=O)C1C(=O)C[C@H]2C(C)(C)[C@@]2(O[Si](C)(C)C(C)(C)C)CC1O. The van der Waals surface area contributed by atoms with Crippen molar-refractivity contribution in [3.8, 4) is 0 Å². The van der Waals surface area contributed by atoms with Crippen LogP contribution in [0.2, 0.25) is 18.1 Å². The van der Waals surface area contributed by atoms with Crippen LogP contribution in [0.1, 0.15) is 47.5 Å². The highest BCUT2D eigenvalue weighted by molar-refractivity contribution is 6.74. The van der Waals surface area contributed by atoms with Gasteiger partial charge in [0.1, 0.15) is 11.7 Å². The van der Waals surface area contributed by atoms with Gasteiger partial charge in [0.25, 0.3) is 0 Å². The molecule has 0 radical (unpaired) electrons. The summed E-state index contributed by atoms with van der Waals surface area (Å²) in [5.41, 5.74) is -0.714. The Kier molecular flexibility index (Phi) is 4.61. The minimum Gasteiger partial charge on any atom is -0.468 e. The molecule has 2 aliphatic rings. The lowest BCUT2D eigenvalue weighted by Crippen LogP contribution is -2.48. The minimum absolute atomic E-state index is 0.0357. The predicted molar refractivity (Wildman–Crippen MR) is 94.0 cm³/mol. The van der Waals surface area contributed by atoms with Crippen molar-refractivity contribution in [1.82, 2.24) is 0 Å². The molecule has 2 aliphatic carbocycles. The molecule has 2 saturated carbocycles. The zero-order valence-corrected chi connectivity index (χ0v) is 17.2. The van der Waals surface area contributed by atoms with Gasteiger partial charge < -0.3 is 14.3 Å². The van der Waals surface area contributed by atoms with E-state index < -0.39 is 31.9 Å². The molecule has 0 amide bonds. The molecule has 2 rings (SSSR count). The summed E-state index contributed by atoms with van der Waals surface area (Å²) in [5, 5.41) is 10.7. The molecular formula is C18H32O5Si. The molecule has 0 heterocycles. The van der Waals surface area contributed by atoms with Crippen LogP contribution < -0.4 is 0 Å². The number of ether oxygens (including phenoxy) is 1. The number of hydrogen-bond donors (Lipinski definition) is 1. The zero-order valence-electron chi connectivity index (χ0n) is 16.2. The summed E-state index contributed by atoms with van der Waals surface area (Å²) in [6.07, 6.45) is -0.484. The van der Waals surface area contributed by atoms with Gasteiger partial charge >= 0.3 is 5.97 Å². The monoisotopic (exact) mass is 356 g/mol. The highest BCUT2D eigenvalue weighted by Crippen LogP contribution is 2.70. The van der Waals surface area contributed by atoms with Crippen LogP contribution in [0.3, 0.4) is 0 Å². The van der Waals surface area contributed by atoms with Gasteiger partial charge in [0, 0.05) is 18.8 Å². The summed E-state index contributed by atoms with van der Waals surface area (Å²) in [6, 6.07) is 0. The molecule has 0 aromatic heterocycles. The molecule has 5 nitrogen and oxygen atoms in total. The topological polar surface area (TPSA) is 72.8 Å². The van der Waals surface area contributed by atoms with Crippen molar-refractivity contribution in [3.05, 3.63) is 0 Å². The number of carbonyl (C=O) groups is 2. The Balaban J connectivity index is 2.36. The van der Waals surface area contributed by atoms with E-state index in [9.17, 15) is 14.7 Å². The first-order valence-corrected chi connectivity index (χ1v) is 11.6. The van der Waals surface area contributed by atoms with Crippen molar-refractivity contribution in [3.63, 3.8) is 0 Å². The van der Waals surface area contributed by atoms with Crippen LogP contribution in [0.25, 0.3) is 0 Å². The molecule has 2 fully saturated rings. The lowest BCUT2D eigenvalue weighted by atomic mass is 9.89. The van der Waals surface area contributed by atoms with Crippen molar-refractivity contribution in [2.75, 3.05) is 7.11 Å². The Morgan fingerprint density at radius 1 is 1.29 bits per heavy atom. The van der Waals surface area contributed by atoms with Crippen LogP contribution in [0.4, 0.5) is 0 Å². The largest absolute Gasteiger partial charge is 0.468 e.